The van der Waals surface area contributed by atoms with Gasteiger partial charge in [-0.2, -0.15) is 0 Å². The SMILES string of the molecule is CC(CO)OC(=O)[C@]1(O)C[C@@H](OC(=O)/C=C/c2ccc(O)c(O)c2)[C@@H](O)[C@H](OC(=O)/C=C/c2ccc(O)c(O)c2)C1. The van der Waals surface area contributed by atoms with E-state index in [2.05, 4.69) is 0 Å². The van der Waals surface area contributed by atoms with Crippen LogP contribution in [0.1, 0.15) is 30.9 Å². The number of ether oxygens (including phenoxy) is 3. The van der Waals surface area contributed by atoms with Gasteiger partial charge in [0.25, 0.3) is 0 Å². The van der Waals surface area contributed by atoms with Crippen molar-refractivity contribution >= 4 is 30.1 Å². The molecule has 1 unspecified atom stereocenters. The Morgan fingerprint density at radius 2 is 1.29 bits per heavy atom. The molecule has 2 aromatic carbocycles. The second-order valence-corrected chi connectivity index (χ2v) is 9.44. The zero-order valence-electron chi connectivity index (χ0n) is 21.8. The molecule has 13 heteroatoms. The first kappa shape index (κ1) is 30.9. The van der Waals surface area contributed by atoms with E-state index >= 15 is 0 Å². The third-order valence-electron chi connectivity index (χ3n) is 6.14. The molecular weight excluding hydrogens is 544 g/mol. The number of aliphatic hydroxyl groups is 3. The number of hydrogen-bond acceptors (Lipinski definition) is 13. The van der Waals surface area contributed by atoms with Crippen LogP contribution in [-0.4, -0.2) is 90.3 Å². The molecule has 3 rings (SSSR count). The first-order valence-corrected chi connectivity index (χ1v) is 12.3. The van der Waals surface area contributed by atoms with Crippen molar-refractivity contribution in [1.29, 1.82) is 0 Å². The van der Waals surface area contributed by atoms with Gasteiger partial charge in [-0.3, -0.25) is 0 Å². The van der Waals surface area contributed by atoms with E-state index in [1.807, 2.05) is 0 Å². The van der Waals surface area contributed by atoms with Crippen LogP contribution in [0, 0.1) is 0 Å². The number of phenols is 4. The van der Waals surface area contributed by atoms with E-state index in [0.29, 0.717) is 11.1 Å². The van der Waals surface area contributed by atoms with Gasteiger partial charge in [0, 0.05) is 25.0 Å². The van der Waals surface area contributed by atoms with Crippen molar-refractivity contribution in [2.24, 2.45) is 0 Å². The van der Waals surface area contributed by atoms with Gasteiger partial charge in [0.05, 0.1) is 6.61 Å². The van der Waals surface area contributed by atoms with Gasteiger partial charge in [-0.15, -0.1) is 0 Å². The van der Waals surface area contributed by atoms with Crippen LogP contribution < -0.4 is 0 Å². The molecule has 2 aromatic rings. The van der Waals surface area contributed by atoms with Gasteiger partial charge in [0.15, 0.2) is 28.6 Å². The average molecular weight is 575 g/mol. The summed E-state index contributed by atoms with van der Waals surface area (Å²) in [6, 6.07) is 7.54. The van der Waals surface area contributed by atoms with Crippen molar-refractivity contribution in [2.45, 2.75) is 49.8 Å². The van der Waals surface area contributed by atoms with Gasteiger partial charge in [-0.25, -0.2) is 14.4 Å². The van der Waals surface area contributed by atoms with E-state index in [1.165, 1.54) is 55.5 Å². The van der Waals surface area contributed by atoms with Gasteiger partial charge >= 0.3 is 17.9 Å². The normalized spacial score (nSPS) is 23.3. The summed E-state index contributed by atoms with van der Waals surface area (Å²) in [7, 11) is 0. The standard InChI is InChI=1S/C28H30O13/c1-15(14-29)39-27(37)28(38)12-22(40-24(34)8-4-16-2-6-18(30)20(32)10-16)26(36)23(13-28)41-25(35)9-5-17-3-7-19(31)21(33)11-17/h2-11,15,22-23,26,29-33,36,38H,12-14H2,1H3/b8-4+,9-5+/t15?,22-,23-,26-,28+/m1/s1. The maximum Gasteiger partial charge on any atom is 0.338 e. The predicted octanol–water partition coefficient (Wildman–Crippen LogP) is 0.869. The highest BCUT2D eigenvalue weighted by atomic mass is 16.6. The van der Waals surface area contributed by atoms with E-state index < -0.39 is 78.9 Å². The highest BCUT2D eigenvalue weighted by Crippen LogP contribution is 2.34. The molecule has 0 spiro atoms. The van der Waals surface area contributed by atoms with Crippen molar-refractivity contribution < 1.29 is 64.3 Å². The lowest BCUT2D eigenvalue weighted by Crippen LogP contribution is -2.58. The molecule has 3 atom stereocenters. The maximum atomic E-state index is 12.7. The number of carbonyl (C=O) groups is 3. The van der Waals surface area contributed by atoms with Crippen LogP contribution in [0.5, 0.6) is 23.0 Å². The van der Waals surface area contributed by atoms with Gasteiger partial charge < -0.3 is 50.0 Å². The summed E-state index contributed by atoms with van der Waals surface area (Å²) in [4.78, 5) is 37.7. The first-order chi connectivity index (χ1) is 19.3. The van der Waals surface area contributed by atoms with Gasteiger partial charge in [0.1, 0.15) is 24.4 Å². The molecule has 13 nitrogen and oxygen atoms in total. The fraction of sp³-hybridized carbons (Fsp3) is 0.321. The molecule has 41 heavy (non-hydrogen) atoms. The minimum absolute atomic E-state index is 0.319. The number of aromatic hydroxyl groups is 4. The molecule has 1 fully saturated rings. The Morgan fingerprint density at radius 3 is 1.68 bits per heavy atom. The first-order valence-electron chi connectivity index (χ1n) is 12.3. The minimum Gasteiger partial charge on any atom is -0.504 e. The summed E-state index contributed by atoms with van der Waals surface area (Å²) in [5, 5.41) is 69.1. The number of phenolic OH excluding ortho intramolecular Hbond substituents is 4. The zero-order valence-corrected chi connectivity index (χ0v) is 21.8. The number of aliphatic hydroxyl groups excluding tert-OH is 2. The van der Waals surface area contributed by atoms with Crippen LogP contribution >= 0.6 is 0 Å². The molecule has 0 aliphatic heterocycles. The second-order valence-electron chi connectivity index (χ2n) is 9.44. The Morgan fingerprint density at radius 1 is 0.854 bits per heavy atom. The van der Waals surface area contributed by atoms with Gasteiger partial charge in [0.2, 0.25) is 0 Å². The molecule has 0 amide bonds. The smallest absolute Gasteiger partial charge is 0.338 e. The lowest BCUT2D eigenvalue weighted by atomic mass is 9.79. The summed E-state index contributed by atoms with van der Waals surface area (Å²) in [6.45, 7) is 0.822. The molecule has 1 aliphatic carbocycles. The van der Waals surface area contributed by atoms with Crippen LogP contribution in [0.25, 0.3) is 12.2 Å². The van der Waals surface area contributed by atoms with Crippen molar-refractivity contribution in [3.63, 3.8) is 0 Å². The predicted molar refractivity (Wildman–Crippen MR) is 140 cm³/mol. The monoisotopic (exact) mass is 574 g/mol. The van der Waals surface area contributed by atoms with Crippen LogP contribution in [0.15, 0.2) is 48.6 Å². The lowest BCUT2D eigenvalue weighted by Gasteiger charge is -2.41. The van der Waals surface area contributed by atoms with Crippen molar-refractivity contribution in [3.05, 3.63) is 59.7 Å². The van der Waals surface area contributed by atoms with Crippen molar-refractivity contribution in [2.75, 3.05) is 6.61 Å². The van der Waals surface area contributed by atoms with E-state index in [9.17, 15) is 50.1 Å². The molecule has 0 saturated heterocycles. The maximum absolute atomic E-state index is 12.7. The summed E-state index contributed by atoms with van der Waals surface area (Å²) in [5.74, 6) is -4.81. The fourth-order valence-electron chi connectivity index (χ4n) is 3.94. The van der Waals surface area contributed by atoms with Crippen LogP contribution in [0.2, 0.25) is 0 Å². The third kappa shape index (κ3) is 8.20. The quantitative estimate of drug-likeness (QED) is 0.0957. The topological polar surface area (TPSA) is 221 Å². The molecular formula is C28H30O13. The molecule has 0 radical (unpaired) electrons. The molecule has 0 bridgehead atoms. The Bertz CT molecular complexity index is 1250. The largest absolute Gasteiger partial charge is 0.504 e. The van der Waals surface area contributed by atoms with Gasteiger partial charge in [-0.05, 0) is 54.5 Å². The van der Waals surface area contributed by atoms with E-state index in [-0.39, 0.29) is 11.5 Å². The summed E-state index contributed by atoms with van der Waals surface area (Å²) >= 11 is 0. The zero-order chi connectivity index (χ0) is 30.3. The molecule has 7 N–H and O–H groups in total. The molecule has 0 heterocycles. The summed E-state index contributed by atoms with van der Waals surface area (Å²) < 4.78 is 15.5. The van der Waals surface area contributed by atoms with E-state index in [1.54, 1.807) is 0 Å². The number of benzene rings is 2. The second kappa shape index (κ2) is 13.2. The van der Waals surface area contributed by atoms with Gasteiger partial charge in [-0.1, -0.05) is 12.1 Å². The van der Waals surface area contributed by atoms with Crippen LogP contribution in [-0.2, 0) is 28.6 Å². The van der Waals surface area contributed by atoms with Crippen molar-refractivity contribution in [3.8, 4) is 23.0 Å². The van der Waals surface area contributed by atoms with E-state index in [4.69, 9.17) is 14.2 Å². The number of hydrogen-bond donors (Lipinski definition) is 7. The lowest BCUT2D eigenvalue weighted by molar-refractivity contribution is -0.209. The molecule has 1 saturated carbocycles. The average Bonchev–Trinajstić information content (AvgIpc) is 2.92. The molecule has 220 valence electrons. The minimum atomic E-state index is -2.38. The Kier molecular flexibility index (Phi) is 9.94. The Labute approximate surface area is 233 Å². The Hall–Kier alpha value is -4.59. The summed E-state index contributed by atoms with van der Waals surface area (Å²) in [6.07, 6.45) is -2.66. The van der Waals surface area contributed by atoms with E-state index in [0.717, 1.165) is 12.2 Å². The summed E-state index contributed by atoms with van der Waals surface area (Å²) in [5.41, 5.74) is -1.74. The van der Waals surface area contributed by atoms with Crippen LogP contribution in [0.4, 0.5) is 0 Å². The number of carbonyl (C=O) groups excluding carboxylic acids is 3. The fourth-order valence-corrected chi connectivity index (χ4v) is 3.94. The highest BCUT2D eigenvalue weighted by Gasteiger charge is 2.53. The third-order valence-corrected chi connectivity index (χ3v) is 6.14. The highest BCUT2D eigenvalue weighted by molar-refractivity contribution is 5.88. The number of rotatable bonds is 9. The van der Waals surface area contributed by atoms with Crippen LogP contribution in [0.3, 0.4) is 0 Å². The molecule has 1 aliphatic rings. The van der Waals surface area contributed by atoms with Crippen molar-refractivity contribution in [1.82, 2.24) is 0 Å². The molecule has 0 aromatic heterocycles. The number of esters is 3. The Balaban J connectivity index is 1.78.